The molecule has 2 N–H and O–H groups in total. The van der Waals surface area contributed by atoms with Gasteiger partial charge in [0, 0.05) is 18.6 Å². The molecule has 2 atom stereocenters. The molecule has 0 aromatic rings. The summed E-state index contributed by atoms with van der Waals surface area (Å²) in [5, 5.41) is 12.2. The average Bonchev–Trinajstić information content (AvgIpc) is 2.15. The average molecular weight is 129 g/mol. The van der Waals surface area contributed by atoms with E-state index in [9.17, 15) is 0 Å². The van der Waals surface area contributed by atoms with Gasteiger partial charge in [-0.1, -0.05) is 13.8 Å². The predicted molar refractivity (Wildman–Crippen MR) is 37.2 cm³/mol. The first kappa shape index (κ1) is 7.03. The van der Waals surface area contributed by atoms with Crippen molar-refractivity contribution in [3.05, 3.63) is 0 Å². The first-order chi connectivity index (χ1) is 4.19. The van der Waals surface area contributed by atoms with E-state index in [0.29, 0.717) is 12.5 Å². The Balaban J connectivity index is 2.56. The molecule has 0 saturated carbocycles. The fourth-order valence-electron chi connectivity index (χ4n) is 1.21. The van der Waals surface area contributed by atoms with Crippen molar-refractivity contribution in [3.63, 3.8) is 0 Å². The van der Waals surface area contributed by atoms with Crippen molar-refractivity contribution >= 4 is 0 Å². The quantitative estimate of drug-likeness (QED) is 0.531. The number of nitrogens with one attached hydrogen (secondary N) is 1. The molecule has 1 heterocycles. The molecule has 0 bridgehead atoms. The molecule has 1 fully saturated rings. The molecule has 0 amide bonds. The van der Waals surface area contributed by atoms with Crippen molar-refractivity contribution in [2.45, 2.75) is 13.8 Å². The van der Waals surface area contributed by atoms with E-state index in [2.05, 4.69) is 19.2 Å². The van der Waals surface area contributed by atoms with E-state index in [4.69, 9.17) is 5.11 Å². The maximum Gasteiger partial charge on any atom is 0.0499 e. The van der Waals surface area contributed by atoms with Gasteiger partial charge in [0.25, 0.3) is 0 Å². The van der Waals surface area contributed by atoms with Gasteiger partial charge in [-0.25, -0.2) is 0 Å². The standard InChI is InChI=1S/C7H15NO/c1-6-3-8-4-7(6,2)5-9/h6,8-9H,3-5H2,1-2H3/t6-,7-/m1/s1. The summed E-state index contributed by atoms with van der Waals surface area (Å²) in [5.74, 6) is 0.613. The van der Waals surface area contributed by atoms with Gasteiger partial charge in [0.1, 0.15) is 0 Å². The highest BCUT2D eigenvalue weighted by molar-refractivity contribution is 4.88. The summed E-state index contributed by atoms with van der Waals surface area (Å²) >= 11 is 0. The third kappa shape index (κ3) is 1.10. The number of rotatable bonds is 1. The molecular formula is C7H15NO. The highest BCUT2D eigenvalue weighted by Crippen LogP contribution is 2.29. The molecule has 0 radical (unpaired) electrons. The lowest BCUT2D eigenvalue weighted by Crippen LogP contribution is -2.28. The largest absolute Gasteiger partial charge is 0.396 e. The minimum Gasteiger partial charge on any atom is -0.396 e. The van der Waals surface area contributed by atoms with E-state index in [1.54, 1.807) is 0 Å². The second kappa shape index (κ2) is 2.27. The van der Waals surface area contributed by atoms with Gasteiger partial charge in [-0.05, 0) is 12.5 Å². The smallest absolute Gasteiger partial charge is 0.0499 e. The van der Waals surface area contributed by atoms with Crippen molar-refractivity contribution in [2.24, 2.45) is 11.3 Å². The summed E-state index contributed by atoms with van der Waals surface area (Å²) in [6.07, 6.45) is 0. The molecule has 1 saturated heterocycles. The summed E-state index contributed by atoms with van der Waals surface area (Å²) in [5.41, 5.74) is 0.139. The maximum absolute atomic E-state index is 8.96. The van der Waals surface area contributed by atoms with Crippen molar-refractivity contribution in [1.82, 2.24) is 5.32 Å². The zero-order chi connectivity index (χ0) is 6.91. The Morgan fingerprint density at radius 2 is 2.44 bits per heavy atom. The third-order valence-corrected chi connectivity index (χ3v) is 2.53. The van der Waals surface area contributed by atoms with Gasteiger partial charge in [0.2, 0.25) is 0 Å². The maximum atomic E-state index is 8.96. The van der Waals surface area contributed by atoms with Crippen LogP contribution in [0.25, 0.3) is 0 Å². The van der Waals surface area contributed by atoms with Gasteiger partial charge in [-0.15, -0.1) is 0 Å². The first-order valence-electron chi connectivity index (χ1n) is 3.50. The fraction of sp³-hybridized carbons (Fsp3) is 1.00. The molecule has 0 aromatic carbocycles. The molecule has 2 heteroatoms. The molecule has 0 unspecified atom stereocenters. The van der Waals surface area contributed by atoms with Gasteiger partial charge in [0.15, 0.2) is 0 Å². The van der Waals surface area contributed by atoms with Crippen LogP contribution in [0.4, 0.5) is 0 Å². The van der Waals surface area contributed by atoms with Crippen LogP contribution in [0, 0.1) is 11.3 Å². The molecule has 0 spiro atoms. The zero-order valence-corrected chi connectivity index (χ0v) is 6.15. The lowest BCUT2D eigenvalue weighted by Gasteiger charge is -2.24. The summed E-state index contributed by atoms with van der Waals surface area (Å²) in [6, 6.07) is 0. The summed E-state index contributed by atoms with van der Waals surface area (Å²) in [6.45, 7) is 6.62. The van der Waals surface area contributed by atoms with Crippen molar-refractivity contribution in [1.29, 1.82) is 0 Å². The van der Waals surface area contributed by atoms with Gasteiger partial charge in [-0.3, -0.25) is 0 Å². The van der Waals surface area contributed by atoms with Crippen LogP contribution in [0.2, 0.25) is 0 Å². The molecule has 0 aromatic heterocycles. The van der Waals surface area contributed by atoms with E-state index in [0.717, 1.165) is 13.1 Å². The monoisotopic (exact) mass is 129 g/mol. The van der Waals surface area contributed by atoms with Crippen LogP contribution in [0.15, 0.2) is 0 Å². The van der Waals surface area contributed by atoms with Crippen LogP contribution < -0.4 is 5.32 Å². The Morgan fingerprint density at radius 1 is 1.78 bits per heavy atom. The molecule has 0 aliphatic carbocycles. The summed E-state index contributed by atoms with van der Waals surface area (Å²) < 4.78 is 0. The molecule has 2 nitrogen and oxygen atoms in total. The van der Waals surface area contributed by atoms with E-state index in [1.165, 1.54) is 0 Å². The lowest BCUT2D eigenvalue weighted by atomic mass is 9.82. The normalized spacial score (nSPS) is 43.7. The van der Waals surface area contributed by atoms with Crippen molar-refractivity contribution < 1.29 is 5.11 Å². The van der Waals surface area contributed by atoms with E-state index >= 15 is 0 Å². The van der Waals surface area contributed by atoms with Gasteiger partial charge in [-0.2, -0.15) is 0 Å². The molecule has 1 rings (SSSR count). The van der Waals surface area contributed by atoms with E-state index in [-0.39, 0.29) is 5.41 Å². The number of aliphatic hydroxyl groups excluding tert-OH is 1. The Kier molecular flexibility index (Phi) is 1.78. The molecule has 1 aliphatic rings. The minimum absolute atomic E-state index is 0.139. The highest BCUT2D eigenvalue weighted by Gasteiger charge is 2.34. The summed E-state index contributed by atoms with van der Waals surface area (Å²) in [4.78, 5) is 0. The molecule has 1 aliphatic heterocycles. The number of aliphatic hydroxyl groups is 1. The predicted octanol–water partition coefficient (Wildman–Crippen LogP) is 0.224. The van der Waals surface area contributed by atoms with E-state index in [1.807, 2.05) is 0 Å². The Bertz CT molecular complexity index is 105. The Labute approximate surface area is 56.3 Å². The van der Waals surface area contributed by atoms with E-state index < -0.39 is 0 Å². The Morgan fingerprint density at radius 3 is 2.67 bits per heavy atom. The molecular weight excluding hydrogens is 114 g/mol. The molecule has 9 heavy (non-hydrogen) atoms. The van der Waals surface area contributed by atoms with Crippen LogP contribution in [0.5, 0.6) is 0 Å². The second-order valence-electron chi connectivity index (χ2n) is 3.34. The van der Waals surface area contributed by atoms with Crippen LogP contribution in [0.3, 0.4) is 0 Å². The minimum atomic E-state index is 0.139. The van der Waals surface area contributed by atoms with Gasteiger partial charge < -0.3 is 10.4 Å². The number of hydrogen-bond acceptors (Lipinski definition) is 2. The van der Waals surface area contributed by atoms with Crippen LogP contribution >= 0.6 is 0 Å². The summed E-state index contributed by atoms with van der Waals surface area (Å²) in [7, 11) is 0. The van der Waals surface area contributed by atoms with Crippen molar-refractivity contribution in [2.75, 3.05) is 19.7 Å². The van der Waals surface area contributed by atoms with Crippen LogP contribution in [0.1, 0.15) is 13.8 Å². The van der Waals surface area contributed by atoms with Crippen molar-refractivity contribution in [3.8, 4) is 0 Å². The van der Waals surface area contributed by atoms with Gasteiger partial charge in [0.05, 0.1) is 0 Å². The van der Waals surface area contributed by atoms with Gasteiger partial charge >= 0.3 is 0 Å². The molecule has 54 valence electrons. The SMILES string of the molecule is C[C@@H]1CNC[C@]1(C)CO. The highest BCUT2D eigenvalue weighted by atomic mass is 16.3. The fourth-order valence-corrected chi connectivity index (χ4v) is 1.21. The number of hydrogen-bond donors (Lipinski definition) is 2. The topological polar surface area (TPSA) is 32.3 Å². The second-order valence-corrected chi connectivity index (χ2v) is 3.34. The Hall–Kier alpha value is -0.0800. The first-order valence-corrected chi connectivity index (χ1v) is 3.50. The third-order valence-electron chi connectivity index (χ3n) is 2.53. The van der Waals surface area contributed by atoms with Crippen LogP contribution in [-0.2, 0) is 0 Å². The van der Waals surface area contributed by atoms with Crippen LogP contribution in [-0.4, -0.2) is 24.8 Å². The zero-order valence-electron chi connectivity index (χ0n) is 6.15. The lowest BCUT2D eigenvalue weighted by molar-refractivity contribution is 0.124.